The molecule has 2 amide bonds. The molecule has 8 heteroatoms. The minimum atomic E-state index is -0.617. The second-order valence-electron chi connectivity index (χ2n) is 7.63. The van der Waals surface area contributed by atoms with Gasteiger partial charge in [-0.15, -0.1) is 0 Å². The van der Waals surface area contributed by atoms with Gasteiger partial charge in [-0.05, 0) is 60.2 Å². The summed E-state index contributed by atoms with van der Waals surface area (Å²) in [7, 11) is 0. The van der Waals surface area contributed by atoms with Gasteiger partial charge in [-0.3, -0.25) is 9.59 Å². The van der Waals surface area contributed by atoms with E-state index in [9.17, 15) is 18.4 Å². The van der Waals surface area contributed by atoms with Gasteiger partial charge >= 0.3 is 0 Å². The standard InChI is InChI=1S/C23H26F2N2O3S/c1-13-4-5-15(10-19(13)24)16-8-17-9-18(30-22(17)20(25)11-16)12-26-23(29)21(6-7-31-3)27-14(2)28/h4-5,8,10-11,18,21H,6-7,9,12H2,1-3H3,(H,26,29)(H,27,28)/t18-,21+/m1/s1. The second-order valence-corrected chi connectivity index (χ2v) is 8.62. The van der Waals surface area contributed by atoms with Gasteiger partial charge in [0.05, 0.1) is 6.54 Å². The van der Waals surface area contributed by atoms with Crippen molar-refractivity contribution in [1.29, 1.82) is 0 Å². The van der Waals surface area contributed by atoms with Gasteiger partial charge in [-0.1, -0.05) is 12.1 Å². The largest absolute Gasteiger partial charge is 0.485 e. The fourth-order valence-electron chi connectivity index (χ4n) is 3.53. The molecule has 1 heterocycles. The van der Waals surface area contributed by atoms with E-state index in [4.69, 9.17) is 4.74 Å². The summed E-state index contributed by atoms with van der Waals surface area (Å²) < 4.78 is 34.3. The lowest BCUT2D eigenvalue weighted by Crippen LogP contribution is -2.48. The Morgan fingerprint density at radius 2 is 1.94 bits per heavy atom. The maximum Gasteiger partial charge on any atom is 0.242 e. The number of halogens is 2. The number of ether oxygens (including phenoxy) is 1. The van der Waals surface area contributed by atoms with Gasteiger partial charge in [-0.25, -0.2) is 8.78 Å². The SMILES string of the molecule is CSCC[C@H](NC(C)=O)C(=O)NC[C@H]1Cc2cc(-c3ccc(C)c(F)c3)cc(F)c2O1. The number of hydrogen-bond acceptors (Lipinski definition) is 4. The Labute approximate surface area is 184 Å². The summed E-state index contributed by atoms with van der Waals surface area (Å²) in [6, 6.07) is 7.31. The zero-order valence-corrected chi connectivity index (χ0v) is 18.6. The molecule has 0 unspecified atom stereocenters. The number of hydrogen-bond donors (Lipinski definition) is 2. The average molecular weight is 449 g/mol. The molecule has 1 aliphatic heterocycles. The lowest BCUT2D eigenvalue weighted by Gasteiger charge is -2.19. The van der Waals surface area contributed by atoms with E-state index in [2.05, 4.69) is 10.6 Å². The maximum absolute atomic E-state index is 14.6. The first kappa shape index (κ1) is 23.1. The van der Waals surface area contributed by atoms with E-state index in [1.807, 2.05) is 6.26 Å². The molecule has 0 aromatic heterocycles. The first-order valence-corrected chi connectivity index (χ1v) is 11.5. The van der Waals surface area contributed by atoms with Crippen LogP contribution in [-0.4, -0.2) is 42.5 Å². The Bertz CT molecular complexity index is 984. The molecule has 0 saturated carbocycles. The number of rotatable bonds is 8. The summed E-state index contributed by atoms with van der Waals surface area (Å²) in [5, 5.41) is 5.45. The second kappa shape index (κ2) is 10.1. The van der Waals surface area contributed by atoms with E-state index in [0.29, 0.717) is 35.1 Å². The Kier molecular flexibility index (Phi) is 7.54. The molecule has 5 nitrogen and oxygen atoms in total. The monoisotopic (exact) mass is 448 g/mol. The predicted molar refractivity (Wildman–Crippen MR) is 118 cm³/mol. The van der Waals surface area contributed by atoms with Crippen LogP contribution in [-0.2, 0) is 16.0 Å². The van der Waals surface area contributed by atoms with Crippen molar-refractivity contribution in [2.24, 2.45) is 0 Å². The van der Waals surface area contributed by atoms with Crippen molar-refractivity contribution in [3.05, 3.63) is 53.1 Å². The van der Waals surface area contributed by atoms with Crippen LogP contribution >= 0.6 is 11.8 Å². The molecule has 0 saturated heterocycles. The fourth-order valence-corrected chi connectivity index (χ4v) is 4.00. The van der Waals surface area contributed by atoms with Crippen molar-refractivity contribution in [3.8, 4) is 16.9 Å². The van der Waals surface area contributed by atoms with Gasteiger partial charge < -0.3 is 15.4 Å². The maximum atomic E-state index is 14.6. The molecule has 0 radical (unpaired) electrons. The molecule has 3 rings (SSSR count). The van der Waals surface area contributed by atoms with Crippen LogP contribution in [0.15, 0.2) is 30.3 Å². The summed E-state index contributed by atoms with van der Waals surface area (Å²) in [5.74, 6) is -0.523. The first-order chi connectivity index (χ1) is 14.8. The molecule has 2 atom stereocenters. The molecule has 2 N–H and O–H groups in total. The molecule has 31 heavy (non-hydrogen) atoms. The number of benzene rings is 2. The summed E-state index contributed by atoms with van der Waals surface area (Å²) in [6.45, 7) is 3.24. The fraction of sp³-hybridized carbons (Fsp3) is 0.391. The number of nitrogens with one attached hydrogen (secondary N) is 2. The zero-order chi connectivity index (χ0) is 22.5. The quantitative estimate of drug-likeness (QED) is 0.647. The number of aryl methyl sites for hydroxylation is 1. The first-order valence-electron chi connectivity index (χ1n) is 10.1. The number of carbonyl (C=O) groups excluding carboxylic acids is 2. The van der Waals surface area contributed by atoms with Crippen LogP contribution in [0.5, 0.6) is 5.75 Å². The smallest absolute Gasteiger partial charge is 0.242 e. The summed E-state index contributed by atoms with van der Waals surface area (Å²) in [5.41, 5.74) is 2.37. The highest BCUT2D eigenvalue weighted by atomic mass is 32.2. The van der Waals surface area contributed by atoms with Crippen molar-refractivity contribution in [2.75, 3.05) is 18.6 Å². The van der Waals surface area contributed by atoms with Crippen molar-refractivity contribution in [3.63, 3.8) is 0 Å². The predicted octanol–water partition coefficient (Wildman–Crippen LogP) is 3.62. The molecule has 0 fully saturated rings. The Morgan fingerprint density at radius 3 is 2.61 bits per heavy atom. The number of amides is 2. The highest BCUT2D eigenvalue weighted by Gasteiger charge is 2.28. The van der Waals surface area contributed by atoms with E-state index < -0.39 is 18.0 Å². The van der Waals surface area contributed by atoms with E-state index in [-0.39, 0.29) is 29.9 Å². The number of thioether (sulfide) groups is 1. The molecular weight excluding hydrogens is 422 g/mol. The van der Waals surface area contributed by atoms with E-state index >= 15 is 0 Å². The minimum absolute atomic E-state index is 0.163. The third kappa shape index (κ3) is 5.76. The summed E-state index contributed by atoms with van der Waals surface area (Å²) in [4.78, 5) is 23.8. The highest BCUT2D eigenvalue weighted by Crippen LogP contribution is 2.36. The molecule has 2 aromatic carbocycles. The van der Waals surface area contributed by atoms with Crippen LogP contribution < -0.4 is 15.4 Å². The van der Waals surface area contributed by atoms with Gasteiger partial charge in [0.2, 0.25) is 11.8 Å². The molecule has 0 spiro atoms. The average Bonchev–Trinajstić information content (AvgIpc) is 3.14. The zero-order valence-electron chi connectivity index (χ0n) is 17.8. The van der Waals surface area contributed by atoms with Crippen LogP contribution in [0.1, 0.15) is 24.5 Å². The molecule has 2 aromatic rings. The normalized spacial score (nSPS) is 15.7. The summed E-state index contributed by atoms with van der Waals surface area (Å²) in [6.07, 6.45) is 2.45. The van der Waals surface area contributed by atoms with Crippen LogP contribution in [0.25, 0.3) is 11.1 Å². The minimum Gasteiger partial charge on any atom is -0.485 e. The topological polar surface area (TPSA) is 67.4 Å². The van der Waals surface area contributed by atoms with Crippen molar-refractivity contribution in [2.45, 2.75) is 38.8 Å². The lowest BCUT2D eigenvalue weighted by atomic mass is 9.99. The Balaban J connectivity index is 1.66. The Morgan fingerprint density at radius 1 is 1.19 bits per heavy atom. The molecule has 0 bridgehead atoms. The van der Waals surface area contributed by atoms with E-state index in [1.165, 1.54) is 19.1 Å². The third-order valence-corrected chi connectivity index (χ3v) is 5.81. The summed E-state index contributed by atoms with van der Waals surface area (Å²) >= 11 is 1.59. The van der Waals surface area contributed by atoms with Crippen LogP contribution in [0.4, 0.5) is 8.78 Å². The highest BCUT2D eigenvalue weighted by molar-refractivity contribution is 7.98. The van der Waals surface area contributed by atoms with Crippen LogP contribution in [0, 0.1) is 18.6 Å². The van der Waals surface area contributed by atoms with Gasteiger partial charge in [0.15, 0.2) is 11.6 Å². The van der Waals surface area contributed by atoms with Gasteiger partial charge in [0.25, 0.3) is 0 Å². The lowest BCUT2D eigenvalue weighted by molar-refractivity contribution is -0.128. The Hall–Kier alpha value is -2.61. The van der Waals surface area contributed by atoms with Crippen molar-refractivity contribution < 1.29 is 23.1 Å². The molecule has 166 valence electrons. The number of carbonyl (C=O) groups is 2. The van der Waals surface area contributed by atoms with E-state index in [0.717, 1.165) is 5.75 Å². The molecule has 0 aliphatic carbocycles. The van der Waals surface area contributed by atoms with Crippen molar-refractivity contribution >= 4 is 23.6 Å². The van der Waals surface area contributed by atoms with Crippen LogP contribution in [0.3, 0.4) is 0 Å². The van der Waals surface area contributed by atoms with Gasteiger partial charge in [0, 0.05) is 18.9 Å². The van der Waals surface area contributed by atoms with Crippen molar-refractivity contribution in [1.82, 2.24) is 10.6 Å². The van der Waals surface area contributed by atoms with E-state index in [1.54, 1.807) is 36.9 Å². The molecular formula is C23H26F2N2O3S. The van der Waals surface area contributed by atoms with Crippen LogP contribution in [0.2, 0.25) is 0 Å². The van der Waals surface area contributed by atoms with Gasteiger partial charge in [0.1, 0.15) is 18.0 Å². The van der Waals surface area contributed by atoms with Gasteiger partial charge in [-0.2, -0.15) is 11.8 Å². The number of fused-ring (bicyclic) bond motifs is 1. The molecule has 1 aliphatic rings. The third-order valence-electron chi connectivity index (χ3n) is 5.17.